The van der Waals surface area contributed by atoms with Crippen molar-refractivity contribution < 1.29 is 4.74 Å². The van der Waals surface area contributed by atoms with Gasteiger partial charge in [-0.3, -0.25) is 4.98 Å². The van der Waals surface area contributed by atoms with E-state index >= 15 is 0 Å². The lowest BCUT2D eigenvalue weighted by molar-refractivity contribution is 0.221. The van der Waals surface area contributed by atoms with Crippen LogP contribution in [0.3, 0.4) is 0 Å². The van der Waals surface area contributed by atoms with Crippen molar-refractivity contribution in [3.05, 3.63) is 36.3 Å². The van der Waals surface area contributed by atoms with E-state index in [1.165, 1.54) is 0 Å². The molecule has 2 rings (SSSR count). The zero-order chi connectivity index (χ0) is 15.1. The molecule has 6 nitrogen and oxygen atoms in total. The molecule has 0 spiro atoms. The molecule has 0 saturated carbocycles. The Hall–Kier alpha value is -2.37. The van der Waals surface area contributed by atoms with E-state index in [0.717, 1.165) is 25.1 Å². The first-order valence-electron chi connectivity index (χ1n) is 7.14. The van der Waals surface area contributed by atoms with Gasteiger partial charge < -0.3 is 15.8 Å². The summed E-state index contributed by atoms with van der Waals surface area (Å²) in [6.45, 7) is 4.90. The van der Waals surface area contributed by atoms with Gasteiger partial charge in [0.25, 0.3) is 0 Å². The van der Waals surface area contributed by atoms with Crippen LogP contribution in [0.2, 0.25) is 0 Å². The zero-order valence-electron chi connectivity index (χ0n) is 12.4. The van der Waals surface area contributed by atoms with E-state index in [9.17, 15) is 0 Å². The first-order chi connectivity index (χ1) is 10.2. The number of hydrogen-bond donors (Lipinski definition) is 2. The summed E-state index contributed by atoms with van der Waals surface area (Å²) >= 11 is 0. The maximum Gasteiger partial charge on any atom is 0.222 e. The molecule has 0 amide bonds. The highest BCUT2D eigenvalue weighted by Gasteiger charge is 2.13. The molecule has 1 atom stereocenters. The number of unbranched alkanes of at least 4 members (excludes halogenated alkanes) is 1. The molecular formula is C15H21N5O. The summed E-state index contributed by atoms with van der Waals surface area (Å²) in [6, 6.07) is 5.73. The molecule has 2 aromatic rings. The molecule has 6 heteroatoms. The number of aromatic nitrogens is 3. The van der Waals surface area contributed by atoms with E-state index in [0.29, 0.717) is 11.6 Å². The fraction of sp³-hybridized carbons (Fsp3) is 0.400. The number of nitrogens with two attached hydrogens (primary N) is 1. The molecule has 21 heavy (non-hydrogen) atoms. The molecule has 3 N–H and O–H groups in total. The van der Waals surface area contributed by atoms with Crippen molar-refractivity contribution in [3.8, 4) is 5.75 Å². The number of ether oxygens (including phenoxy) is 1. The van der Waals surface area contributed by atoms with Crippen molar-refractivity contribution in [1.82, 2.24) is 15.0 Å². The Labute approximate surface area is 124 Å². The van der Waals surface area contributed by atoms with Crippen LogP contribution in [0.1, 0.15) is 38.5 Å². The molecule has 0 aliphatic carbocycles. The monoisotopic (exact) mass is 287 g/mol. The molecule has 0 aromatic carbocycles. The molecule has 0 saturated heterocycles. The van der Waals surface area contributed by atoms with Crippen LogP contribution in [0.4, 0.5) is 11.8 Å². The second kappa shape index (κ2) is 7.42. The standard InChI is InChI=1S/C15H21N5O/c1-3-4-8-18-14-13(10-19-15(16)20-14)21-11(2)12-7-5-6-9-17-12/h5-7,9-11H,3-4,8H2,1-2H3,(H3,16,18,19,20). The predicted molar refractivity (Wildman–Crippen MR) is 83.1 cm³/mol. The number of nitrogens with zero attached hydrogens (tertiary/aromatic N) is 3. The quantitative estimate of drug-likeness (QED) is 0.762. The van der Waals surface area contributed by atoms with Gasteiger partial charge in [0.15, 0.2) is 11.6 Å². The molecule has 1 unspecified atom stereocenters. The smallest absolute Gasteiger partial charge is 0.222 e. The van der Waals surface area contributed by atoms with Crippen LogP contribution < -0.4 is 15.8 Å². The van der Waals surface area contributed by atoms with Crippen LogP contribution in [0, 0.1) is 0 Å². The summed E-state index contributed by atoms with van der Waals surface area (Å²) in [6.07, 6.45) is 5.31. The minimum absolute atomic E-state index is 0.190. The van der Waals surface area contributed by atoms with Crippen molar-refractivity contribution in [1.29, 1.82) is 0 Å². The van der Waals surface area contributed by atoms with E-state index in [1.54, 1.807) is 12.4 Å². The zero-order valence-corrected chi connectivity index (χ0v) is 12.4. The first kappa shape index (κ1) is 15.0. The van der Waals surface area contributed by atoms with Gasteiger partial charge in [-0.05, 0) is 25.5 Å². The molecule has 0 fully saturated rings. The normalized spacial score (nSPS) is 11.9. The van der Waals surface area contributed by atoms with E-state index in [-0.39, 0.29) is 12.1 Å². The van der Waals surface area contributed by atoms with Crippen LogP contribution in [0.25, 0.3) is 0 Å². The Morgan fingerprint density at radius 2 is 2.19 bits per heavy atom. The lowest BCUT2D eigenvalue weighted by Gasteiger charge is -2.17. The summed E-state index contributed by atoms with van der Waals surface area (Å²) in [7, 11) is 0. The molecule has 0 radical (unpaired) electrons. The minimum atomic E-state index is -0.190. The van der Waals surface area contributed by atoms with Crippen LogP contribution in [-0.2, 0) is 0 Å². The van der Waals surface area contributed by atoms with Gasteiger partial charge in [0, 0.05) is 12.7 Å². The second-order valence-corrected chi connectivity index (χ2v) is 4.74. The molecule has 0 aliphatic heterocycles. The lowest BCUT2D eigenvalue weighted by atomic mass is 10.2. The highest BCUT2D eigenvalue weighted by Crippen LogP contribution is 2.26. The van der Waals surface area contributed by atoms with E-state index < -0.39 is 0 Å². The Morgan fingerprint density at radius 1 is 1.33 bits per heavy atom. The van der Waals surface area contributed by atoms with Crippen molar-refractivity contribution in [3.63, 3.8) is 0 Å². The summed E-state index contributed by atoms with van der Waals surface area (Å²) < 4.78 is 5.91. The molecular weight excluding hydrogens is 266 g/mol. The Kier molecular flexibility index (Phi) is 5.31. The van der Waals surface area contributed by atoms with E-state index in [1.807, 2.05) is 25.1 Å². The first-order valence-corrected chi connectivity index (χ1v) is 7.14. The van der Waals surface area contributed by atoms with Crippen LogP contribution >= 0.6 is 0 Å². The number of pyridine rings is 1. The van der Waals surface area contributed by atoms with Gasteiger partial charge in [-0.2, -0.15) is 4.98 Å². The minimum Gasteiger partial charge on any atom is -0.479 e. The third-order valence-corrected chi connectivity index (χ3v) is 3.00. The van der Waals surface area contributed by atoms with Crippen molar-refractivity contribution in [2.75, 3.05) is 17.6 Å². The fourth-order valence-electron chi connectivity index (χ4n) is 1.85. The summed E-state index contributed by atoms with van der Waals surface area (Å²) in [4.78, 5) is 12.5. The maximum atomic E-state index is 5.91. The SMILES string of the molecule is CCCCNc1nc(N)ncc1OC(C)c1ccccn1. The highest BCUT2D eigenvalue weighted by atomic mass is 16.5. The third kappa shape index (κ3) is 4.30. The summed E-state index contributed by atoms with van der Waals surface area (Å²) in [5.74, 6) is 1.43. The van der Waals surface area contributed by atoms with Crippen LogP contribution in [-0.4, -0.2) is 21.5 Å². The predicted octanol–water partition coefficient (Wildman–Crippen LogP) is 2.81. The fourth-order valence-corrected chi connectivity index (χ4v) is 1.85. The van der Waals surface area contributed by atoms with Crippen LogP contribution in [0.5, 0.6) is 5.75 Å². The number of nitrogens with one attached hydrogen (secondary N) is 1. The molecule has 0 aliphatic rings. The van der Waals surface area contributed by atoms with E-state index in [2.05, 4.69) is 27.2 Å². The number of anilines is 2. The van der Waals surface area contributed by atoms with Gasteiger partial charge in [-0.1, -0.05) is 19.4 Å². The number of rotatable bonds is 7. The Bertz CT molecular complexity index is 561. The third-order valence-electron chi connectivity index (χ3n) is 3.00. The van der Waals surface area contributed by atoms with Gasteiger partial charge in [0.2, 0.25) is 5.95 Å². The average molecular weight is 287 g/mol. The summed E-state index contributed by atoms with van der Waals surface area (Å²) in [5, 5.41) is 3.24. The largest absolute Gasteiger partial charge is 0.479 e. The molecule has 112 valence electrons. The van der Waals surface area contributed by atoms with Crippen LogP contribution in [0.15, 0.2) is 30.6 Å². The van der Waals surface area contributed by atoms with Crippen molar-refractivity contribution >= 4 is 11.8 Å². The average Bonchev–Trinajstić information content (AvgIpc) is 2.51. The van der Waals surface area contributed by atoms with E-state index in [4.69, 9.17) is 10.5 Å². The molecule has 0 bridgehead atoms. The van der Waals surface area contributed by atoms with Gasteiger partial charge in [-0.15, -0.1) is 0 Å². The highest BCUT2D eigenvalue weighted by molar-refractivity contribution is 5.51. The molecule has 2 heterocycles. The lowest BCUT2D eigenvalue weighted by Crippen LogP contribution is -2.11. The van der Waals surface area contributed by atoms with Crippen molar-refractivity contribution in [2.24, 2.45) is 0 Å². The van der Waals surface area contributed by atoms with Crippen molar-refractivity contribution in [2.45, 2.75) is 32.8 Å². The second-order valence-electron chi connectivity index (χ2n) is 4.74. The maximum absolute atomic E-state index is 5.91. The topological polar surface area (TPSA) is 86.0 Å². The number of hydrogen-bond acceptors (Lipinski definition) is 6. The van der Waals surface area contributed by atoms with Gasteiger partial charge >= 0.3 is 0 Å². The Balaban J connectivity index is 2.11. The number of nitrogen functional groups attached to an aromatic ring is 1. The molecule has 2 aromatic heterocycles. The van der Waals surface area contributed by atoms with Gasteiger partial charge in [0.1, 0.15) is 6.10 Å². The van der Waals surface area contributed by atoms with Gasteiger partial charge in [-0.25, -0.2) is 4.98 Å². The summed E-state index contributed by atoms with van der Waals surface area (Å²) in [5.41, 5.74) is 6.50. The van der Waals surface area contributed by atoms with Gasteiger partial charge in [0.05, 0.1) is 11.9 Å². The Morgan fingerprint density at radius 3 is 2.90 bits per heavy atom.